The van der Waals surface area contributed by atoms with Gasteiger partial charge < -0.3 is 4.90 Å². The number of sulfonamides is 1. The van der Waals surface area contributed by atoms with Gasteiger partial charge in [-0.25, -0.2) is 13.1 Å². The van der Waals surface area contributed by atoms with Crippen molar-refractivity contribution in [1.29, 1.82) is 0 Å². The van der Waals surface area contributed by atoms with Crippen molar-refractivity contribution < 1.29 is 26.4 Å². The molecule has 4 rings (SSSR count). The summed E-state index contributed by atoms with van der Waals surface area (Å²) in [5.74, 6) is -0.220. The number of carbonyl (C=O) groups is 1. The lowest BCUT2D eigenvalue weighted by atomic mass is 10.1. The van der Waals surface area contributed by atoms with E-state index in [2.05, 4.69) is 10.3 Å². The number of nitrogens with zero attached hydrogens (tertiary/aromatic N) is 5. The molecule has 0 saturated carbocycles. The summed E-state index contributed by atoms with van der Waals surface area (Å²) >= 11 is 0. The molecule has 1 fully saturated rings. The first-order valence-electron chi connectivity index (χ1n) is 10.2. The Morgan fingerprint density at radius 1 is 1.06 bits per heavy atom. The molecule has 1 amide bonds. The topological polar surface area (TPSA) is 88.4 Å². The lowest BCUT2D eigenvalue weighted by molar-refractivity contribution is -0.137. The van der Waals surface area contributed by atoms with E-state index < -0.39 is 21.8 Å². The van der Waals surface area contributed by atoms with Crippen LogP contribution in [0.4, 0.5) is 13.2 Å². The Hall–Kier alpha value is -2.99. The average Bonchev–Trinajstić information content (AvgIpc) is 3.21. The molecule has 0 spiro atoms. The van der Waals surface area contributed by atoms with Crippen molar-refractivity contribution in [3.8, 4) is 0 Å². The molecule has 1 saturated heterocycles. The number of alkyl halides is 3. The van der Waals surface area contributed by atoms with E-state index in [0.29, 0.717) is 23.9 Å². The number of piperidine rings is 1. The van der Waals surface area contributed by atoms with Crippen LogP contribution < -0.4 is 0 Å². The van der Waals surface area contributed by atoms with Crippen molar-refractivity contribution in [3.05, 3.63) is 53.6 Å². The van der Waals surface area contributed by atoms with E-state index in [-0.39, 0.29) is 35.5 Å². The number of halogens is 3. The summed E-state index contributed by atoms with van der Waals surface area (Å²) in [6, 6.07) is 8.92. The van der Waals surface area contributed by atoms with Crippen molar-refractivity contribution in [2.24, 2.45) is 0 Å². The molecule has 2 aromatic carbocycles. The molecular weight excluding hydrogens is 459 g/mol. The molecule has 0 bridgehead atoms. The molecular formula is C21H22F3N5O3S. The van der Waals surface area contributed by atoms with Crippen molar-refractivity contribution in [2.75, 3.05) is 27.2 Å². The Morgan fingerprint density at radius 3 is 2.27 bits per heavy atom. The lowest BCUT2D eigenvalue weighted by Crippen LogP contribution is -2.39. The maximum atomic E-state index is 13.0. The first-order valence-corrected chi connectivity index (χ1v) is 11.7. The third-order valence-corrected chi connectivity index (χ3v) is 7.63. The third kappa shape index (κ3) is 4.44. The SMILES string of the molecule is CN(C)C(=O)c1ccc(S(=O)(=O)N2CCC(n3nnc4cc(C(F)(F)F)ccc43)CC2)cc1. The molecule has 1 aromatic heterocycles. The van der Waals surface area contributed by atoms with Crippen LogP contribution in [-0.4, -0.2) is 65.7 Å². The van der Waals surface area contributed by atoms with E-state index >= 15 is 0 Å². The monoisotopic (exact) mass is 481 g/mol. The summed E-state index contributed by atoms with van der Waals surface area (Å²) in [4.78, 5) is 13.5. The maximum Gasteiger partial charge on any atom is 0.416 e. The molecule has 0 atom stereocenters. The van der Waals surface area contributed by atoms with Gasteiger partial charge in [0.25, 0.3) is 5.91 Å². The first-order chi connectivity index (χ1) is 15.5. The molecule has 1 aliphatic rings. The van der Waals surface area contributed by atoms with Crippen LogP contribution in [0.1, 0.15) is 34.8 Å². The smallest absolute Gasteiger partial charge is 0.345 e. The normalized spacial score (nSPS) is 16.3. The fourth-order valence-corrected chi connectivity index (χ4v) is 5.36. The zero-order valence-corrected chi connectivity index (χ0v) is 18.8. The predicted octanol–water partition coefficient (Wildman–Crippen LogP) is 3.18. The van der Waals surface area contributed by atoms with Gasteiger partial charge in [0.15, 0.2) is 0 Å². The fourth-order valence-electron chi connectivity index (χ4n) is 3.89. The van der Waals surface area contributed by atoms with Crippen LogP contribution in [0.3, 0.4) is 0 Å². The standard InChI is InChI=1S/C21H22F3N5O3S/c1-27(2)20(30)14-3-6-17(7-4-14)33(31,32)28-11-9-16(10-12-28)29-19-8-5-15(21(22,23)24)13-18(19)25-26-29/h3-8,13,16H,9-12H2,1-2H3. The lowest BCUT2D eigenvalue weighted by Gasteiger charge is -2.31. The second kappa shape index (κ2) is 8.41. The Bertz CT molecular complexity index is 1280. The number of rotatable bonds is 4. The first kappa shape index (κ1) is 23.2. The quantitative estimate of drug-likeness (QED) is 0.571. The summed E-state index contributed by atoms with van der Waals surface area (Å²) in [5.41, 5.74) is 0.225. The van der Waals surface area contributed by atoms with Gasteiger partial charge in [0.2, 0.25) is 10.0 Å². The van der Waals surface area contributed by atoms with Crippen LogP contribution in [-0.2, 0) is 16.2 Å². The minimum Gasteiger partial charge on any atom is -0.345 e. The number of benzene rings is 2. The number of hydrogen-bond donors (Lipinski definition) is 0. The highest BCUT2D eigenvalue weighted by atomic mass is 32.2. The molecule has 2 heterocycles. The van der Waals surface area contributed by atoms with Crippen LogP contribution in [0.2, 0.25) is 0 Å². The average molecular weight is 482 g/mol. The highest BCUT2D eigenvalue weighted by Gasteiger charge is 2.33. The second-order valence-electron chi connectivity index (χ2n) is 8.09. The van der Waals surface area contributed by atoms with E-state index in [1.807, 2.05) is 0 Å². The van der Waals surface area contributed by atoms with E-state index in [1.54, 1.807) is 18.8 Å². The van der Waals surface area contributed by atoms with Crippen molar-refractivity contribution in [2.45, 2.75) is 30.0 Å². The van der Waals surface area contributed by atoms with Gasteiger partial charge >= 0.3 is 6.18 Å². The molecule has 1 aliphatic heterocycles. The van der Waals surface area contributed by atoms with E-state index in [1.165, 1.54) is 39.5 Å². The van der Waals surface area contributed by atoms with Gasteiger partial charge in [0.1, 0.15) is 5.52 Å². The summed E-state index contributed by atoms with van der Waals surface area (Å²) < 4.78 is 67.8. The van der Waals surface area contributed by atoms with E-state index in [0.717, 1.165) is 12.1 Å². The zero-order chi connectivity index (χ0) is 24.0. The van der Waals surface area contributed by atoms with Crippen molar-refractivity contribution in [1.82, 2.24) is 24.2 Å². The van der Waals surface area contributed by atoms with Crippen LogP contribution in [0.15, 0.2) is 47.4 Å². The molecule has 33 heavy (non-hydrogen) atoms. The van der Waals surface area contributed by atoms with Crippen molar-refractivity contribution >= 4 is 27.0 Å². The number of fused-ring (bicyclic) bond motifs is 1. The minimum absolute atomic E-state index is 0.0992. The van der Waals surface area contributed by atoms with E-state index in [9.17, 15) is 26.4 Å². The molecule has 176 valence electrons. The molecule has 0 radical (unpaired) electrons. The number of amides is 1. The summed E-state index contributed by atoms with van der Waals surface area (Å²) in [6.45, 7) is 0.459. The van der Waals surface area contributed by atoms with Crippen LogP contribution in [0.25, 0.3) is 11.0 Å². The van der Waals surface area contributed by atoms with Gasteiger partial charge in [-0.3, -0.25) is 4.79 Å². The molecule has 0 unspecified atom stereocenters. The molecule has 12 heteroatoms. The van der Waals surface area contributed by atoms with Crippen LogP contribution in [0, 0.1) is 0 Å². The fraction of sp³-hybridized carbons (Fsp3) is 0.381. The number of hydrogen-bond acceptors (Lipinski definition) is 5. The minimum atomic E-state index is -4.46. The van der Waals surface area contributed by atoms with Gasteiger partial charge in [0.05, 0.1) is 22.0 Å². The summed E-state index contributed by atoms with van der Waals surface area (Å²) in [5, 5.41) is 7.89. The van der Waals surface area contributed by atoms with Crippen LogP contribution >= 0.6 is 0 Å². The summed E-state index contributed by atoms with van der Waals surface area (Å²) in [6.07, 6.45) is -3.58. The second-order valence-corrected chi connectivity index (χ2v) is 10.0. The largest absolute Gasteiger partial charge is 0.416 e. The Morgan fingerprint density at radius 2 is 1.70 bits per heavy atom. The Labute approximate surface area is 188 Å². The summed E-state index contributed by atoms with van der Waals surface area (Å²) in [7, 11) is -0.512. The number of aromatic nitrogens is 3. The molecule has 3 aromatic rings. The molecule has 8 nitrogen and oxygen atoms in total. The van der Waals surface area contributed by atoms with Gasteiger partial charge in [0, 0.05) is 32.7 Å². The third-order valence-electron chi connectivity index (χ3n) is 5.71. The van der Waals surface area contributed by atoms with E-state index in [4.69, 9.17) is 0 Å². The Balaban J connectivity index is 1.48. The van der Waals surface area contributed by atoms with Crippen LogP contribution in [0.5, 0.6) is 0 Å². The highest BCUT2D eigenvalue weighted by molar-refractivity contribution is 7.89. The van der Waals surface area contributed by atoms with Gasteiger partial charge in [-0.1, -0.05) is 5.21 Å². The molecule has 0 N–H and O–H groups in total. The van der Waals surface area contributed by atoms with Gasteiger partial charge in [-0.05, 0) is 55.3 Å². The zero-order valence-electron chi connectivity index (χ0n) is 18.0. The van der Waals surface area contributed by atoms with Gasteiger partial charge in [-0.2, -0.15) is 17.5 Å². The maximum absolute atomic E-state index is 13.0. The Kier molecular flexibility index (Phi) is 5.91. The van der Waals surface area contributed by atoms with Gasteiger partial charge in [-0.15, -0.1) is 5.10 Å². The molecule has 0 aliphatic carbocycles. The predicted molar refractivity (Wildman–Crippen MR) is 114 cm³/mol. The highest BCUT2D eigenvalue weighted by Crippen LogP contribution is 2.33. The van der Waals surface area contributed by atoms with Crippen molar-refractivity contribution in [3.63, 3.8) is 0 Å². The number of carbonyl (C=O) groups excluding carboxylic acids is 1.